The summed E-state index contributed by atoms with van der Waals surface area (Å²) >= 11 is 1.42. The number of hydrogen-bond acceptors (Lipinski definition) is 9. The molecule has 2 heterocycles. The van der Waals surface area contributed by atoms with E-state index in [2.05, 4.69) is 4.98 Å². The molecule has 2 N–H and O–H groups in total. The smallest absolute Gasteiger partial charge is 0.264 e. The van der Waals surface area contributed by atoms with E-state index in [1.807, 2.05) is 4.72 Å². The second-order valence-electron chi connectivity index (χ2n) is 8.77. The van der Waals surface area contributed by atoms with Crippen LogP contribution in [0.15, 0.2) is 60.7 Å². The Morgan fingerprint density at radius 2 is 1.97 bits per heavy atom. The van der Waals surface area contributed by atoms with Crippen LogP contribution in [-0.4, -0.2) is 43.9 Å². The van der Waals surface area contributed by atoms with Gasteiger partial charge in [0.1, 0.15) is 34.7 Å². The summed E-state index contributed by atoms with van der Waals surface area (Å²) in [6.45, 7) is 0.489. The first kappa shape index (κ1) is 25.9. The van der Waals surface area contributed by atoms with Gasteiger partial charge >= 0.3 is 0 Å². The van der Waals surface area contributed by atoms with Crippen LogP contribution >= 0.6 is 11.3 Å². The number of nitrogens with zero attached hydrogens (tertiary/aromatic N) is 1. The molecule has 1 aromatic heterocycles. The number of hydrogen-bond donors (Lipinski definition) is 2. The zero-order valence-corrected chi connectivity index (χ0v) is 21.7. The molecule has 0 saturated heterocycles. The Hall–Kier alpha value is -3.74. The molecule has 9 nitrogen and oxygen atoms in total. The molecule has 3 aromatic carbocycles. The minimum atomic E-state index is -3.70. The number of carbonyl (C=O) groups is 1. The molecule has 1 aliphatic heterocycles. The highest BCUT2D eigenvalue weighted by molar-refractivity contribution is 7.89. The van der Waals surface area contributed by atoms with Crippen molar-refractivity contribution in [2.24, 2.45) is 5.92 Å². The number of ether oxygens (including phenoxy) is 3. The molecule has 12 heteroatoms. The molecule has 198 valence electrons. The van der Waals surface area contributed by atoms with Crippen molar-refractivity contribution in [1.29, 1.82) is 0 Å². The monoisotopic (exact) mass is 558 g/mol. The average molecular weight is 559 g/mol. The fourth-order valence-corrected chi connectivity index (χ4v) is 5.29. The third-order valence-corrected chi connectivity index (χ3v) is 7.36. The van der Waals surface area contributed by atoms with Gasteiger partial charge in [0.2, 0.25) is 10.0 Å². The van der Waals surface area contributed by atoms with Crippen LogP contribution in [0.4, 0.5) is 4.39 Å². The summed E-state index contributed by atoms with van der Waals surface area (Å²) in [7, 11) is -3.70. The van der Waals surface area contributed by atoms with Gasteiger partial charge in [-0.1, -0.05) is 6.07 Å². The first-order valence-electron chi connectivity index (χ1n) is 11.5. The summed E-state index contributed by atoms with van der Waals surface area (Å²) in [5, 5.41) is 11.7. The Morgan fingerprint density at radius 3 is 2.79 bits per heavy atom. The number of thiazole rings is 1. The fourth-order valence-electron chi connectivity index (χ4n) is 3.97. The number of rotatable bonds is 8. The second kappa shape index (κ2) is 10.6. The molecule has 0 saturated carbocycles. The van der Waals surface area contributed by atoms with Crippen LogP contribution in [0.25, 0.3) is 10.2 Å². The molecule has 0 aliphatic carbocycles. The predicted molar refractivity (Wildman–Crippen MR) is 139 cm³/mol. The maximum Gasteiger partial charge on any atom is 0.264 e. The molecule has 2 atom stereocenters. The lowest BCUT2D eigenvalue weighted by Crippen LogP contribution is -2.31. The van der Waals surface area contributed by atoms with Crippen LogP contribution < -0.4 is 18.9 Å². The number of sulfonamides is 1. The summed E-state index contributed by atoms with van der Waals surface area (Å²) in [5.74, 6) is -0.123. The first-order chi connectivity index (χ1) is 18.1. The van der Waals surface area contributed by atoms with Gasteiger partial charge in [-0.05, 0) is 48.5 Å². The van der Waals surface area contributed by atoms with E-state index in [4.69, 9.17) is 14.2 Å². The van der Waals surface area contributed by atoms with E-state index in [0.29, 0.717) is 33.3 Å². The molecule has 1 aliphatic rings. The quantitative estimate of drug-likeness (QED) is 0.335. The number of aromatic nitrogens is 1. The lowest BCUT2D eigenvalue weighted by atomic mass is 9.93. The molecule has 0 spiro atoms. The largest absolute Gasteiger partial charge is 0.493 e. The second-order valence-corrected chi connectivity index (χ2v) is 11.6. The first-order valence-corrected chi connectivity index (χ1v) is 14.2. The maximum absolute atomic E-state index is 13.4. The van der Waals surface area contributed by atoms with Crippen LogP contribution in [0.1, 0.15) is 27.0 Å². The van der Waals surface area contributed by atoms with Gasteiger partial charge in [-0.3, -0.25) is 4.79 Å². The van der Waals surface area contributed by atoms with Crippen LogP contribution in [0.2, 0.25) is 0 Å². The Balaban J connectivity index is 1.22. The molecule has 0 fully saturated rings. The highest BCUT2D eigenvalue weighted by Gasteiger charge is 2.30. The SMILES string of the molecule is CS(=O)(=O)NC(=O)c1cccc(OCC2COc3ccc(OCc4nc5cc(F)ccc5s4)cc3C2O)c1. The summed E-state index contributed by atoms with van der Waals surface area (Å²) in [6, 6.07) is 15.7. The highest BCUT2D eigenvalue weighted by atomic mass is 32.2. The zero-order valence-electron chi connectivity index (χ0n) is 20.1. The van der Waals surface area contributed by atoms with E-state index in [9.17, 15) is 22.7 Å². The topological polar surface area (TPSA) is 124 Å². The lowest BCUT2D eigenvalue weighted by molar-refractivity contribution is 0.0240. The van der Waals surface area contributed by atoms with E-state index in [0.717, 1.165) is 11.0 Å². The van der Waals surface area contributed by atoms with Gasteiger partial charge in [-0.15, -0.1) is 11.3 Å². The van der Waals surface area contributed by atoms with Gasteiger partial charge in [-0.25, -0.2) is 22.5 Å². The van der Waals surface area contributed by atoms with Crippen LogP contribution in [-0.2, 0) is 16.6 Å². The number of aliphatic hydroxyl groups is 1. The highest BCUT2D eigenvalue weighted by Crippen LogP contribution is 2.38. The van der Waals surface area contributed by atoms with Gasteiger partial charge in [0.25, 0.3) is 5.91 Å². The summed E-state index contributed by atoms with van der Waals surface area (Å²) in [5.41, 5.74) is 1.25. The van der Waals surface area contributed by atoms with Gasteiger partial charge < -0.3 is 19.3 Å². The lowest BCUT2D eigenvalue weighted by Gasteiger charge is -2.30. The molecule has 38 heavy (non-hydrogen) atoms. The molecule has 4 aromatic rings. The predicted octanol–water partition coefficient (Wildman–Crippen LogP) is 3.82. The zero-order chi connectivity index (χ0) is 26.9. The van der Waals surface area contributed by atoms with E-state index < -0.39 is 28.0 Å². The molecule has 0 bridgehead atoms. The molecule has 1 amide bonds. The molecule has 2 unspecified atom stereocenters. The van der Waals surface area contributed by atoms with Crippen molar-refractivity contribution in [2.45, 2.75) is 12.7 Å². The summed E-state index contributed by atoms with van der Waals surface area (Å²) in [4.78, 5) is 16.5. The van der Waals surface area contributed by atoms with Gasteiger partial charge in [0, 0.05) is 17.2 Å². The number of fused-ring (bicyclic) bond motifs is 2. The Kier molecular flexibility index (Phi) is 7.19. The Morgan fingerprint density at radius 1 is 1.16 bits per heavy atom. The standard InChI is InChI=1S/C26H23FN2O7S2/c1-38(32,33)29-26(31)15-3-2-4-18(9-15)34-12-16-13-36-22-7-6-19(11-20(22)25(16)30)35-14-24-28-21-10-17(27)5-8-23(21)37-24/h2-11,16,25,30H,12-14H2,1H3,(H,29,31). The number of nitrogens with one attached hydrogen (secondary N) is 1. The van der Waals surface area contributed by atoms with E-state index in [-0.39, 0.29) is 31.2 Å². The molecule has 0 radical (unpaired) electrons. The summed E-state index contributed by atoms with van der Waals surface area (Å²) < 4.78 is 56.3. The minimum Gasteiger partial charge on any atom is -0.493 e. The van der Waals surface area contributed by atoms with Crippen molar-refractivity contribution in [1.82, 2.24) is 9.71 Å². The van der Waals surface area contributed by atoms with Crippen LogP contribution in [0, 0.1) is 11.7 Å². The summed E-state index contributed by atoms with van der Waals surface area (Å²) in [6.07, 6.45) is -0.00262. The van der Waals surface area contributed by atoms with Crippen molar-refractivity contribution < 1.29 is 36.9 Å². The molecular formula is C26H23FN2O7S2. The average Bonchev–Trinajstić information content (AvgIpc) is 3.28. The normalized spacial score (nSPS) is 16.9. The number of aliphatic hydroxyl groups excluding tert-OH is 1. The Bertz CT molecular complexity index is 1610. The number of carbonyl (C=O) groups excluding carboxylic acids is 1. The van der Waals surface area contributed by atoms with Crippen molar-refractivity contribution >= 4 is 37.5 Å². The number of benzene rings is 3. The van der Waals surface area contributed by atoms with Crippen LogP contribution in [0.5, 0.6) is 17.2 Å². The van der Waals surface area contributed by atoms with Crippen molar-refractivity contribution in [2.75, 3.05) is 19.5 Å². The number of amides is 1. The third-order valence-electron chi connectivity index (χ3n) is 5.79. The van der Waals surface area contributed by atoms with E-state index >= 15 is 0 Å². The molecular weight excluding hydrogens is 535 g/mol. The van der Waals surface area contributed by atoms with Crippen molar-refractivity contribution in [3.8, 4) is 17.2 Å². The van der Waals surface area contributed by atoms with Crippen molar-refractivity contribution in [3.05, 3.63) is 82.6 Å². The fraction of sp³-hybridized carbons (Fsp3) is 0.231. The van der Waals surface area contributed by atoms with Gasteiger partial charge in [-0.2, -0.15) is 0 Å². The van der Waals surface area contributed by atoms with E-state index in [1.165, 1.54) is 35.6 Å². The minimum absolute atomic E-state index is 0.0884. The molecule has 5 rings (SSSR count). The Labute approximate surface area is 221 Å². The van der Waals surface area contributed by atoms with Crippen LogP contribution in [0.3, 0.4) is 0 Å². The van der Waals surface area contributed by atoms with Gasteiger partial charge in [0.05, 0.1) is 41.7 Å². The number of halogens is 1. The van der Waals surface area contributed by atoms with E-state index in [1.54, 1.807) is 36.4 Å². The van der Waals surface area contributed by atoms with Gasteiger partial charge in [0.15, 0.2) is 0 Å². The maximum atomic E-state index is 13.4. The van der Waals surface area contributed by atoms with Crippen molar-refractivity contribution in [3.63, 3.8) is 0 Å². The third kappa shape index (κ3) is 6.04.